The van der Waals surface area contributed by atoms with Gasteiger partial charge in [-0.1, -0.05) is 0 Å². The van der Waals surface area contributed by atoms with E-state index in [0.717, 1.165) is 6.04 Å². The van der Waals surface area contributed by atoms with Crippen LogP contribution in [0.25, 0.3) is 0 Å². The molecule has 1 rings (SSSR count). The molecule has 55 valence electrons. The van der Waals surface area contributed by atoms with Crippen LogP contribution in [0, 0.1) is 6.04 Å². The molecule has 0 aromatic carbocycles. The minimum atomic E-state index is 0.298. The SMILES string of the molecule is COCOC[C]1C=CN=N1. The monoisotopic (exact) mass is 141 g/mol. The molecule has 0 saturated heterocycles. The fourth-order valence-electron chi connectivity index (χ4n) is 0.567. The average Bonchev–Trinajstić information content (AvgIpc) is 2.41. The van der Waals surface area contributed by atoms with Crippen LogP contribution in [0.3, 0.4) is 0 Å². The van der Waals surface area contributed by atoms with Crippen molar-refractivity contribution in [1.29, 1.82) is 0 Å². The number of rotatable bonds is 4. The molecule has 0 aromatic rings. The lowest BCUT2D eigenvalue weighted by molar-refractivity contribution is -0.0249. The number of ether oxygens (including phenoxy) is 2. The number of methoxy groups -OCH3 is 1. The number of hydrogen-bond acceptors (Lipinski definition) is 4. The van der Waals surface area contributed by atoms with Crippen molar-refractivity contribution in [3.8, 4) is 0 Å². The molecule has 0 spiro atoms. The summed E-state index contributed by atoms with van der Waals surface area (Å²) in [7, 11) is 1.58. The van der Waals surface area contributed by atoms with Crippen LogP contribution in [0.2, 0.25) is 0 Å². The van der Waals surface area contributed by atoms with Gasteiger partial charge in [0.15, 0.2) is 6.04 Å². The van der Waals surface area contributed by atoms with Crippen molar-refractivity contribution in [2.45, 2.75) is 0 Å². The van der Waals surface area contributed by atoms with Crippen molar-refractivity contribution >= 4 is 0 Å². The Morgan fingerprint density at radius 1 is 1.60 bits per heavy atom. The predicted octanol–water partition coefficient (Wildman–Crippen LogP) is 1.12. The van der Waals surface area contributed by atoms with Crippen LogP contribution in [0.15, 0.2) is 22.5 Å². The summed E-state index contributed by atoms with van der Waals surface area (Å²) in [5.74, 6) is 0. The van der Waals surface area contributed by atoms with Crippen LogP contribution in [0.1, 0.15) is 0 Å². The summed E-state index contributed by atoms with van der Waals surface area (Å²) in [6.07, 6.45) is 3.43. The smallest absolute Gasteiger partial charge is 0.158 e. The van der Waals surface area contributed by atoms with E-state index < -0.39 is 0 Å². The van der Waals surface area contributed by atoms with Crippen LogP contribution in [-0.4, -0.2) is 20.5 Å². The lowest BCUT2D eigenvalue weighted by atomic mass is 10.3. The zero-order chi connectivity index (χ0) is 7.23. The summed E-state index contributed by atoms with van der Waals surface area (Å²) in [5, 5.41) is 7.39. The molecule has 0 saturated carbocycles. The van der Waals surface area contributed by atoms with Gasteiger partial charge in [-0.2, -0.15) is 10.2 Å². The van der Waals surface area contributed by atoms with E-state index in [0.29, 0.717) is 13.4 Å². The van der Waals surface area contributed by atoms with Crippen molar-refractivity contribution in [1.82, 2.24) is 0 Å². The summed E-state index contributed by atoms with van der Waals surface area (Å²) in [6, 6.07) is 0.831. The van der Waals surface area contributed by atoms with Gasteiger partial charge in [-0.15, -0.1) is 0 Å². The van der Waals surface area contributed by atoms with E-state index in [9.17, 15) is 0 Å². The minimum Gasteiger partial charge on any atom is -0.359 e. The van der Waals surface area contributed by atoms with Gasteiger partial charge in [0.1, 0.15) is 6.79 Å². The summed E-state index contributed by atoms with van der Waals surface area (Å²) >= 11 is 0. The van der Waals surface area contributed by atoms with Crippen molar-refractivity contribution in [3.05, 3.63) is 18.3 Å². The van der Waals surface area contributed by atoms with E-state index in [-0.39, 0.29) is 0 Å². The molecule has 4 heteroatoms. The highest BCUT2D eigenvalue weighted by atomic mass is 16.7. The number of nitrogens with zero attached hydrogens (tertiary/aromatic N) is 2. The molecule has 10 heavy (non-hydrogen) atoms. The van der Waals surface area contributed by atoms with Gasteiger partial charge in [0.2, 0.25) is 0 Å². The van der Waals surface area contributed by atoms with Crippen molar-refractivity contribution < 1.29 is 9.47 Å². The van der Waals surface area contributed by atoms with E-state index >= 15 is 0 Å². The molecule has 0 aromatic heterocycles. The first-order chi connectivity index (χ1) is 4.93. The molecule has 0 aliphatic carbocycles. The van der Waals surface area contributed by atoms with Crippen molar-refractivity contribution in [2.24, 2.45) is 10.2 Å². The molecule has 0 atom stereocenters. The third kappa shape index (κ3) is 2.24. The lowest BCUT2D eigenvalue weighted by Crippen LogP contribution is -2.03. The van der Waals surface area contributed by atoms with E-state index in [1.807, 2.05) is 0 Å². The summed E-state index contributed by atoms with van der Waals surface area (Å²) in [6.45, 7) is 0.765. The maximum absolute atomic E-state index is 5.00. The molecule has 0 unspecified atom stereocenters. The van der Waals surface area contributed by atoms with E-state index in [1.54, 1.807) is 19.4 Å². The van der Waals surface area contributed by atoms with Gasteiger partial charge < -0.3 is 9.47 Å². The predicted molar refractivity (Wildman–Crippen MR) is 35.1 cm³/mol. The minimum absolute atomic E-state index is 0.298. The van der Waals surface area contributed by atoms with Gasteiger partial charge in [-0.05, 0) is 6.08 Å². The Balaban J connectivity index is 2.03. The fraction of sp³-hybridized carbons (Fsp3) is 0.500. The number of azo groups is 1. The highest BCUT2D eigenvalue weighted by molar-refractivity contribution is 5.11. The maximum atomic E-state index is 5.00. The molecule has 1 aliphatic heterocycles. The highest BCUT2D eigenvalue weighted by Gasteiger charge is 2.06. The normalized spacial score (nSPS) is 16.9. The Bertz CT molecular complexity index is 133. The summed E-state index contributed by atoms with van der Waals surface area (Å²) in [4.78, 5) is 0. The Morgan fingerprint density at radius 2 is 2.50 bits per heavy atom. The first-order valence-electron chi connectivity index (χ1n) is 2.93. The second-order valence-corrected chi connectivity index (χ2v) is 1.78. The highest BCUT2D eigenvalue weighted by Crippen LogP contribution is 2.11. The molecule has 0 amide bonds. The lowest BCUT2D eigenvalue weighted by Gasteiger charge is -2.01. The molecule has 4 nitrogen and oxygen atoms in total. The Morgan fingerprint density at radius 3 is 3.10 bits per heavy atom. The second-order valence-electron chi connectivity index (χ2n) is 1.78. The third-order valence-electron chi connectivity index (χ3n) is 0.971. The molecule has 0 fully saturated rings. The molecule has 1 aliphatic rings. The largest absolute Gasteiger partial charge is 0.359 e. The van der Waals surface area contributed by atoms with Gasteiger partial charge in [0, 0.05) is 13.3 Å². The molecule has 1 heterocycles. The Labute approximate surface area is 59.5 Å². The van der Waals surface area contributed by atoms with Crippen LogP contribution in [0.5, 0.6) is 0 Å². The molecule has 0 N–H and O–H groups in total. The Kier molecular flexibility index (Phi) is 3.05. The maximum Gasteiger partial charge on any atom is 0.158 e. The van der Waals surface area contributed by atoms with Crippen LogP contribution in [-0.2, 0) is 9.47 Å². The zero-order valence-corrected chi connectivity index (χ0v) is 5.78. The van der Waals surface area contributed by atoms with E-state index in [1.165, 1.54) is 0 Å². The molecule has 0 bridgehead atoms. The van der Waals surface area contributed by atoms with Gasteiger partial charge in [-0.3, -0.25) is 0 Å². The van der Waals surface area contributed by atoms with Crippen molar-refractivity contribution in [2.75, 3.05) is 20.5 Å². The van der Waals surface area contributed by atoms with E-state index in [2.05, 4.69) is 15.0 Å². The Hall–Kier alpha value is -0.740. The van der Waals surface area contributed by atoms with Gasteiger partial charge in [0.05, 0.1) is 6.61 Å². The fourth-order valence-corrected chi connectivity index (χ4v) is 0.567. The van der Waals surface area contributed by atoms with Gasteiger partial charge in [-0.25, -0.2) is 0 Å². The second kappa shape index (κ2) is 4.14. The molecular weight excluding hydrogens is 132 g/mol. The van der Waals surface area contributed by atoms with Crippen LogP contribution >= 0.6 is 0 Å². The standard InChI is InChI=1S/C6H9N2O2/c1-9-5-10-4-6-2-3-7-8-6/h2-3H,4-5H2,1H3. The van der Waals surface area contributed by atoms with Gasteiger partial charge >= 0.3 is 0 Å². The van der Waals surface area contributed by atoms with Crippen molar-refractivity contribution in [3.63, 3.8) is 0 Å². The van der Waals surface area contributed by atoms with E-state index in [4.69, 9.17) is 4.74 Å². The molecular formula is C6H9N2O2. The average molecular weight is 141 g/mol. The summed E-state index contributed by atoms with van der Waals surface area (Å²) in [5.41, 5.74) is 0. The van der Waals surface area contributed by atoms with Crippen LogP contribution in [0.4, 0.5) is 0 Å². The molecule has 1 radical (unpaired) electrons. The first kappa shape index (κ1) is 7.37. The third-order valence-corrected chi connectivity index (χ3v) is 0.971. The van der Waals surface area contributed by atoms with Gasteiger partial charge in [0.25, 0.3) is 0 Å². The zero-order valence-electron chi connectivity index (χ0n) is 5.78. The van der Waals surface area contributed by atoms with Crippen LogP contribution < -0.4 is 0 Å². The first-order valence-corrected chi connectivity index (χ1v) is 2.93. The number of hydrogen-bond donors (Lipinski definition) is 0. The quantitative estimate of drug-likeness (QED) is 0.435. The summed E-state index contributed by atoms with van der Waals surface area (Å²) < 4.78 is 9.67. The topological polar surface area (TPSA) is 43.2 Å².